The van der Waals surface area contributed by atoms with E-state index in [9.17, 15) is 0 Å². The van der Waals surface area contributed by atoms with Gasteiger partial charge in [-0.15, -0.1) is 0 Å². The van der Waals surface area contributed by atoms with Crippen LogP contribution in [0.15, 0.2) is 48.7 Å². The number of aromatic nitrogens is 2. The maximum Gasteiger partial charge on any atom is 0.231 e. The molecule has 9 heteroatoms. The van der Waals surface area contributed by atoms with Crippen LogP contribution in [0.3, 0.4) is 0 Å². The summed E-state index contributed by atoms with van der Waals surface area (Å²) in [5, 5.41) is 4.37. The molecule has 0 amide bonds. The maximum atomic E-state index is 5.90. The fourth-order valence-electron chi connectivity index (χ4n) is 5.57. The van der Waals surface area contributed by atoms with E-state index >= 15 is 0 Å². The van der Waals surface area contributed by atoms with E-state index < -0.39 is 0 Å². The van der Waals surface area contributed by atoms with Crippen LogP contribution in [0.1, 0.15) is 34.7 Å². The minimum Gasteiger partial charge on any atom is -0.454 e. The number of fused-ring (bicyclic) bond motifs is 1. The van der Waals surface area contributed by atoms with Crippen LogP contribution in [0.25, 0.3) is 5.69 Å². The summed E-state index contributed by atoms with van der Waals surface area (Å²) in [6, 6.07) is 14.5. The number of nitrogens with one attached hydrogen (secondary N) is 1. The van der Waals surface area contributed by atoms with Crippen LogP contribution in [0.2, 0.25) is 0 Å². The second kappa shape index (κ2) is 9.72. The first-order valence-electron chi connectivity index (χ1n) is 12.5. The average Bonchev–Trinajstić information content (AvgIpc) is 3.58. The first-order chi connectivity index (χ1) is 17.6. The van der Waals surface area contributed by atoms with Crippen molar-refractivity contribution in [2.45, 2.75) is 25.9 Å². The summed E-state index contributed by atoms with van der Waals surface area (Å²) in [7, 11) is 0. The van der Waals surface area contributed by atoms with Crippen molar-refractivity contribution in [3.63, 3.8) is 0 Å². The van der Waals surface area contributed by atoms with E-state index in [1.54, 1.807) is 0 Å². The molecule has 1 aromatic carbocycles. The Kier molecular flexibility index (Phi) is 6.29. The normalized spacial score (nSPS) is 21.7. The molecule has 3 aliphatic heterocycles. The number of aryl methyl sites for hydroxylation is 1. The van der Waals surface area contributed by atoms with Gasteiger partial charge in [-0.05, 0) is 62.0 Å². The van der Waals surface area contributed by atoms with Gasteiger partial charge < -0.3 is 29.0 Å². The molecule has 2 aromatic heterocycles. The zero-order valence-electron chi connectivity index (χ0n) is 20.6. The summed E-state index contributed by atoms with van der Waals surface area (Å²) >= 11 is 5.90. The molecule has 2 saturated heterocycles. The molecule has 188 valence electrons. The number of morpholine rings is 1. The van der Waals surface area contributed by atoms with Crippen molar-refractivity contribution in [1.29, 1.82) is 0 Å². The zero-order valence-corrected chi connectivity index (χ0v) is 21.5. The molecule has 0 bridgehead atoms. The Morgan fingerprint density at radius 3 is 2.67 bits per heavy atom. The number of hydrogen-bond acceptors (Lipinski definition) is 6. The van der Waals surface area contributed by atoms with Crippen LogP contribution in [0.5, 0.6) is 11.5 Å². The number of thiocarbonyl (C=S) groups is 1. The topological polar surface area (TPSA) is 64.0 Å². The zero-order chi connectivity index (χ0) is 24.6. The molecular formula is C27H31N5O3S. The van der Waals surface area contributed by atoms with Gasteiger partial charge >= 0.3 is 0 Å². The average molecular weight is 506 g/mol. The van der Waals surface area contributed by atoms with Gasteiger partial charge in [-0.1, -0.05) is 6.07 Å². The monoisotopic (exact) mass is 505 g/mol. The molecule has 5 heterocycles. The van der Waals surface area contributed by atoms with Crippen molar-refractivity contribution in [2.24, 2.45) is 0 Å². The summed E-state index contributed by atoms with van der Waals surface area (Å²) < 4.78 is 19.0. The Morgan fingerprint density at radius 2 is 1.86 bits per heavy atom. The number of nitrogens with zero attached hydrogens (tertiary/aromatic N) is 4. The Labute approximate surface area is 216 Å². The van der Waals surface area contributed by atoms with E-state index in [0.29, 0.717) is 0 Å². The van der Waals surface area contributed by atoms with Gasteiger partial charge in [0.2, 0.25) is 6.79 Å². The molecule has 0 radical (unpaired) electrons. The highest BCUT2D eigenvalue weighted by Gasteiger charge is 2.41. The van der Waals surface area contributed by atoms with E-state index in [-0.39, 0.29) is 18.9 Å². The molecule has 0 saturated carbocycles. The molecule has 2 fully saturated rings. The number of hydrogen-bond donors (Lipinski definition) is 1. The molecule has 1 N–H and O–H groups in total. The molecule has 8 nitrogen and oxygen atoms in total. The molecule has 6 rings (SSSR count). The van der Waals surface area contributed by atoms with Gasteiger partial charge in [-0.3, -0.25) is 9.88 Å². The molecule has 0 spiro atoms. The minimum atomic E-state index is -0.0332. The Morgan fingerprint density at radius 1 is 1.03 bits per heavy atom. The van der Waals surface area contributed by atoms with Gasteiger partial charge in [-0.2, -0.15) is 0 Å². The van der Waals surface area contributed by atoms with Crippen molar-refractivity contribution in [3.8, 4) is 17.2 Å². The van der Waals surface area contributed by atoms with Crippen molar-refractivity contribution in [2.75, 3.05) is 46.2 Å². The third kappa shape index (κ3) is 4.21. The Hall–Kier alpha value is -3.14. The third-order valence-electron chi connectivity index (χ3n) is 7.36. The second-order valence-electron chi connectivity index (χ2n) is 9.47. The molecule has 3 aliphatic rings. The minimum absolute atomic E-state index is 0.0300. The molecule has 2 atom stereocenters. The first kappa shape index (κ1) is 23.3. The third-order valence-corrected chi connectivity index (χ3v) is 7.71. The molecular weight excluding hydrogens is 474 g/mol. The van der Waals surface area contributed by atoms with E-state index in [0.717, 1.165) is 73.1 Å². The summed E-state index contributed by atoms with van der Waals surface area (Å²) in [5.41, 5.74) is 5.64. The van der Waals surface area contributed by atoms with Gasteiger partial charge in [0.15, 0.2) is 16.6 Å². The maximum absolute atomic E-state index is 5.90. The fourth-order valence-corrected chi connectivity index (χ4v) is 5.90. The summed E-state index contributed by atoms with van der Waals surface area (Å²) in [6.45, 7) is 9.88. The molecule has 0 unspecified atom stereocenters. The van der Waals surface area contributed by atoms with Crippen LogP contribution in [-0.4, -0.2) is 70.6 Å². The van der Waals surface area contributed by atoms with Crippen LogP contribution < -0.4 is 14.8 Å². The first-order valence-corrected chi connectivity index (χ1v) is 12.9. The SMILES string of the molecule is Cc1cc([C@@H]2[C@@H](c3ccccn3)NC(=S)N2CCN2CCOCC2)c(C)n1-c1ccc2c(c1)OCO2. The second-order valence-corrected chi connectivity index (χ2v) is 9.86. The van der Waals surface area contributed by atoms with E-state index in [1.165, 1.54) is 11.3 Å². The largest absolute Gasteiger partial charge is 0.454 e. The van der Waals surface area contributed by atoms with E-state index in [4.69, 9.17) is 31.4 Å². The predicted molar refractivity (Wildman–Crippen MR) is 141 cm³/mol. The quantitative estimate of drug-likeness (QED) is 0.511. The number of pyridine rings is 1. The molecule has 0 aliphatic carbocycles. The van der Waals surface area contributed by atoms with Crippen LogP contribution in [-0.2, 0) is 4.74 Å². The highest BCUT2D eigenvalue weighted by molar-refractivity contribution is 7.80. The Balaban J connectivity index is 1.37. The van der Waals surface area contributed by atoms with E-state index in [2.05, 4.69) is 57.8 Å². The number of ether oxygens (including phenoxy) is 3. The highest BCUT2D eigenvalue weighted by Crippen LogP contribution is 2.42. The molecule has 36 heavy (non-hydrogen) atoms. The van der Waals surface area contributed by atoms with Gasteiger partial charge in [0.25, 0.3) is 0 Å². The summed E-state index contributed by atoms with van der Waals surface area (Å²) in [6.07, 6.45) is 1.85. The lowest BCUT2D eigenvalue weighted by Gasteiger charge is -2.32. The van der Waals surface area contributed by atoms with Gasteiger partial charge in [0.05, 0.1) is 31.0 Å². The number of rotatable bonds is 6. The molecule has 3 aromatic rings. The Bertz CT molecular complexity index is 1260. The van der Waals surface area contributed by atoms with Crippen molar-refractivity contribution < 1.29 is 14.2 Å². The lowest BCUT2D eigenvalue weighted by molar-refractivity contribution is 0.0350. The van der Waals surface area contributed by atoms with Crippen LogP contribution in [0.4, 0.5) is 0 Å². The lowest BCUT2D eigenvalue weighted by Crippen LogP contribution is -2.42. The van der Waals surface area contributed by atoms with Crippen molar-refractivity contribution in [3.05, 3.63) is 71.3 Å². The van der Waals surface area contributed by atoms with Gasteiger partial charge in [-0.25, -0.2) is 0 Å². The smallest absolute Gasteiger partial charge is 0.231 e. The fraction of sp³-hybridized carbons (Fsp3) is 0.407. The van der Waals surface area contributed by atoms with Gasteiger partial charge in [0.1, 0.15) is 0 Å². The summed E-state index contributed by atoms with van der Waals surface area (Å²) in [5.74, 6) is 1.57. The van der Waals surface area contributed by atoms with E-state index in [1.807, 2.05) is 24.4 Å². The van der Waals surface area contributed by atoms with Crippen LogP contribution in [0, 0.1) is 13.8 Å². The number of benzene rings is 1. The lowest BCUT2D eigenvalue weighted by atomic mass is 9.96. The summed E-state index contributed by atoms with van der Waals surface area (Å²) in [4.78, 5) is 9.49. The van der Waals surface area contributed by atoms with Crippen LogP contribution >= 0.6 is 12.2 Å². The predicted octanol–water partition coefficient (Wildman–Crippen LogP) is 3.52. The standard InChI is InChI=1S/C27H31N5O3S/c1-18-15-21(19(2)32(18)20-6-7-23-24(16-20)35-17-34-23)26-25(22-5-3-4-8-28-22)29-27(36)31(26)10-9-30-11-13-33-14-12-30/h3-8,15-16,25-26H,9-14,17H2,1-2H3,(H,29,36)/t25-,26-/m1/s1. The highest BCUT2D eigenvalue weighted by atomic mass is 32.1. The van der Waals surface area contributed by atoms with Crippen molar-refractivity contribution in [1.82, 2.24) is 24.7 Å². The van der Waals surface area contributed by atoms with Gasteiger partial charge in [0, 0.05) is 55.5 Å². The van der Waals surface area contributed by atoms with Crippen molar-refractivity contribution >= 4 is 17.3 Å².